The van der Waals surface area contributed by atoms with Gasteiger partial charge in [0.25, 0.3) is 5.91 Å². The lowest BCUT2D eigenvalue weighted by atomic mass is 9.85. The Labute approximate surface area is 126 Å². The summed E-state index contributed by atoms with van der Waals surface area (Å²) in [4.78, 5) is 23.9. The van der Waals surface area contributed by atoms with Crippen LogP contribution in [0.1, 0.15) is 51.4 Å². The normalized spacial score (nSPS) is 22.5. The van der Waals surface area contributed by atoms with E-state index in [1.807, 2.05) is 0 Å². The molecule has 21 heavy (non-hydrogen) atoms. The van der Waals surface area contributed by atoms with Crippen molar-refractivity contribution in [3.8, 4) is 0 Å². The predicted octanol–water partition coefficient (Wildman–Crippen LogP) is 0.431. The minimum atomic E-state index is -0.526. The van der Waals surface area contributed by atoms with Gasteiger partial charge >= 0.3 is 0 Å². The van der Waals surface area contributed by atoms with E-state index >= 15 is 0 Å². The minimum absolute atomic E-state index is 0.0129. The molecule has 1 saturated heterocycles. The third kappa shape index (κ3) is 5.28. The number of nitrogens with two attached hydrogens (primary N) is 1. The van der Waals surface area contributed by atoms with Crippen LogP contribution in [0.2, 0.25) is 0 Å². The predicted molar refractivity (Wildman–Crippen MR) is 81.0 cm³/mol. The standard InChI is InChI=1S/C15H28N4O2/c16-13(10-11-4-2-1-3-5-11)15(21)19-18-14(20)12-6-8-17-9-7-12/h11-13,17H,1-10,16H2,(H,18,20)(H,19,21)/t13-/m1/s1. The van der Waals surface area contributed by atoms with Crippen LogP contribution in [-0.4, -0.2) is 30.9 Å². The minimum Gasteiger partial charge on any atom is -0.320 e. The van der Waals surface area contributed by atoms with Crippen LogP contribution in [0.5, 0.6) is 0 Å². The maximum absolute atomic E-state index is 11.9. The molecule has 1 aliphatic heterocycles. The van der Waals surface area contributed by atoms with Gasteiger partial charge in [0.1, 0.15) is 0 Å². The quantitative estimate of drug-likeness (QED) is 0.566. The summed E-state index contributed by atoms with van der Waals surface area (Å²) < 4.78 is 0. The Morgan fingerprint density at radius 3 is 2.38 bits per heavy atom. The van der Waals surface area contributed by atoms with Crippen molar-refractivity contribution < 1.29 is 9.59 Å². The van der Waals surface area contributed by atoms with Crippen LogP contribution >= 0.6 is 0 Å². The highest BCUT2D eigenvalue weighted by atomic mass is 16.2. The monoisotopic (exact) mass is 296 g/mol. The van der Waals surface area contributed by atoms with E-state index in [2.05, 4.69) is 16.2 Å². The third-order valence-electron chi connectivity index (χ3n) is 4.67. The Bertz CT molecular complexity index is 350. The maximum atomic E-state index is 11.9. The van der Waals surface area contributed by atoms with Crippen molar-refractivity contribution in [1.82, 2.24) is 16.2 Å². The number of carbonyl (C=O) groups excluding carboxylic acids is 2. The molecule has 1 atom stereocenters. The number of hydrazine groups is 1. The van der Waals surface area contributed by atoms with E-state index in [-0.39, 0.29) is 17.7 Å². The van der Waals surface area contributed by atoms with Gasteiger partial charge in [-0.2, -0.15) is 0 Å². The molecule has 0 radical (unpaired) electrons. The van der Waals surface area contributed by atoms with Gasteiger partial charge in [0.2, 0.25) is 5.91 Å². The highest BCUT2D eigenvalue weighted by molar-refractivity contribution is 5.85. The number of amides is 2. The molecule has 1 saturated carbocycles. The van der Waals surface area contributed by atoms with Crippen LogP contribution in [0.4, 0.5) is 0 Å². The van der Waals surface area contributed by atoms with Gasteiger partial charge in [-0.15, -0.1) is 0 Å². The zero-order valence-electron chi connectivity index (χ0n) is 12.7. The molecule has 0 unspecified atom stereocenters. The second-order valence-electron chi connectivity index (χ2n) is 6.35. The Hall–Kier alpha value is -1.14. The molecule has 1 heterocycles. The van der Waals surface area contributed by atoms with E-state index in [1.54, 1.807) is 0 Å². The highest BCUT2D eigenvalue weighted by Crippen LogP contribution is 2.26. The number of nitrogens with one attached hydrogen (secondary N) is 3. The summed E-state index contributed by atoms with van der Waals surface area (Å²) in [6.07, 6.45) is 8.46. The molecule has 0 aromatic heterocycles. The molecule has 5 N–H and O–H groups in total. The second kappa shape index (κ2) is 8.34. The molecule has 1 aliphatic carbocycles. The summed E-state index contributed by atoms with van der Waals surface area (Å²) in [5.74, 6) is 0.165. The number of rotatable bonds is 4. The highest BCUT2D eigenvalue weighted by Gasteiger charge is 2.24. The Morgan fingerprint density at radius 2 is 1.71 bits per heavy atom. The Balaban J connectivity index is 1.66. The van der Waals surface area contributed by atoms with Gasteiger partial charge in [-0.1, -0.05) is 32.1 Å². The lowest BCUT2D eigenvalue weighted by molar-refractivity contribution is -0.132. The topological polar surface area (TPSA) is 96.2 Å². The van der Waals surface area contributed by atoms with Gasteiger partial charge in [-0.3, -0.25) is 20.4 Å². The van der Waals surface area contributed by atoms with Gasteiger partial charge in [-0.05, 0) is 38.3 Å². The third-order valence-corrected chi connectivity index (χ3v) is 4.67. The SMILES string of the molecule is N[C@H](CC1CCCCC1)C(=O)NNC(=O)C1CCNCC1. The van der Waals surface area contributed by atoms with Gasteiger partial charge in [0, 0.05) is 5.92 Å². The van der Waals surface area contributed by atoms with Crippen molar-refractivity contribution in [2.24, 2.45) is 17.6 Å². The lowest BCUT2D eigenvalue weighted by Gasteiger charge is -2.25. The molecule has 6 nitrogen and oxygen atoms in total. The fraction of sp³-hybridized carbons (Fsp3) is 0.867. The van der Waals surface area contributed by atoms with E-state index < -0.39 is 6.04 Å². The maximum Gasteiger partial charge on any atom is 0.255 e. The van der Waals surface area contributed by atoms with E-state index in [0.29, 0.717) is 5.92 Å². The molecular weight excluding hydrogens is 268 g/mol. The molecule has 2 rings (SSSR count). The summed E-state index contributed by atoms with van der Waals surface area (Å²) in [5.41, 5.74) is 10.9. The lowest BCUT2D eigenvalue weighted by Crippen LogP contribution is -2.52. The van der Waals surface area contributed by atoms with E-state index in [9.17, 15) is 9.59 Å². The van der Waals surface area contributed by atoms with Crippen molar-refractivity contribution in [3.63, 3.8) is 0 Å². The number of carbonyl (C=O) groups is 2. The molecule has 0 spiro atoms. The van der Waals surface area contributed by atoms with Crippen LogP contribution < -0.4 is 21.9 Å². The molecule has 6 heteroatoms. The second-order valence-corrected chi connectivity index (χ2v) is 6.35. The number of hydrogen-bond acceptors (Lipinski definition) is 4. The first-order valence-corrected chi connectivity index (χ1v) is 8.23. The summed E-state index contributed by atoms with van der Waals surface area (Å²) in [5, 5.41) is 3.21. The van der Waals surface area contributed by atoms with Crippen molar-refractivity contribution in [2.45, 2.75) is 57.4 Å². The molecule has 0 aromatic rings. The van der Waals surface area contributed by atoms with Gasteiger partial charge in [-0.25, -0.2) is 0 Å². The largest absolute Gasteiger partial charge is 0.320 e. The molecule has 120 valence electrons. The average Bonchev–Trinajstić information content (AvgIpc) is 2.54. The average molecular weight is 296 g/mol. The van der Waals surface area contributed by atoms with Crippen LogP contribution in [0.25, 0.3) is 0 Å². The van der Waals surface area contributed by atoms with Crippen LogP contribution in [-0.2, 0) is 9.59 Å². The Morgan fingerprint density at radius 1 is 1.05 bits per heavy atom. The zero-order valence-corrected chi connectivity index (χ0v) is 12.7. The number of hydrogen-bond donors (Lipinski definition) is 4. The molecule has 2 fully saturated rings. The first-order chi connectivity index (χ1) is 10.2. The summed E-state index contributed by atoms with van der Waals surface area (Å²) in [7, 11) is 0. The smallest absolute Gasteiger partial charge is 0.255 e. The summed E-state index contributed by atoms with van der Waals surface area (Å²) in [6, 6.07) is -0.526. The van der Waals surface area contributed by atoms with Gasteiger partial charge < -0.3 is 11.1 Å². The van der Waals surface area contributed by atoms with Gasteiger partial charge in [0.05, 0.1) is 6.04 Å². The molecule has 2 aliphatic rings. The molecular formula is C15H28N4O2. The zero-order chi connectivity index (χ0) is 15.1. The van der Waals surface area contributed by atoms with Crippen molar-refractivity contribution in [3.05, 3.63) is 0 Å². The van der Waals surface area contributed by atoms with Crippen molar-refractivity contribution in [2.75, 3.05) is 13.1 Å². The van der Waals surface area contributed by atoms with Crippen LogP contribution in [0, 0.1) is 11.8 Å². The van der Waals surface area contributed by atoms with Crippen molar-refractivity contribution >= 4 is 11.8 Å². The molecule has 0 aromatic carbocycles. The number of piperidine rings is 1. The summed E-state index contributed by atoms with van der Waals surface area (Å²) in [6.45, 7) is 1.71. The van der Waals surface area contributed by atoms with E-state index in [0.717, 1.165) is 32.4 Å². The van der Waals surface area contributed by atoms with Crippen LogP contribution in [0.15, 0.2) is 0 Å². The van der Waals surface area contributed by atoms with Crippen molar-refractivity contribution in [1.29, 1.82) is 0 Å². The molecule has 0 bridgehead atoms. The fourth-order valence-corrected chi connectivity index (χ4v) is 3.29. The van der Waals surface area contributed by atoms with Crippen LogP contribution in [0.3, 0.4) is 0 Å². The van der Waals surface area contributed by atoms with E-state index in [1.165, 1.54) is 32.1 Å². The Kier molecular flexibility index (Phi) is 6.45. The van der Waals surface area contributed by atoms with Gasteiger partial charge in [0.15, 0.2) is 0 Å². The fourth-order valence-electron chi connectivity index (χ4n) is 3.29. The molecule has 2 amide bonds. The first kappa shape index (κ1) is 16.2. The first-order valence-electron chi connectivity index (χ1n) is 8.23. The van der Waals surface area contributed by atoms with E-state index in [4.69, 9.17) is 5.73 Å². The summed E-state index contributed by atoms with van der Waals surface area (Å²) >= 11 is 0.